The lowest BCUT2D eigenvalue weighted by Crippen LogP contribution is -2.45. The van der Waals surface area contributed by atoms with Crippen LogP contribution in [-0.4, -0.2) is 60.2 Å². The van der Waals surface area contributed by atoms with E-state index in [-0.39, 0.29) is 17.3 Å². The number of carbonyl (C=O) groups is 1. The molecule has 1 fully saturated rings. The first-order chi connectivity index (χ1) is 16.7. The van der Waals surface area contributed by atoms with Crippen molar-refractivity contribution in [2.24, 2.45) is 0 Å². The molecule has 0 unspecified atom stereocenters. The average Bonchev–Trinajstić information content (AvgIpc) is 3.36. The van der Waals surface area contributed by atoms with Crippen LogP contribution in [0.15, 0.2) is 53.1 Å². The highest BCUT2D eigenvalue weighted by atomic mass is 35.5. The summed E-state index contributed by atoms with van der Waals surface area (Å²) in [5, 5.41) is 6.96. The molecule has 2 heterocycles. The molecule has 7 nitrogen and oxygen atoms in total. The quantitative estimate of drug-likeness (QED) is 0.498. The lowest BCUT2D eigenvalue weighted by atomic mass is 10.0. The SMILES string of the molecule is CN(CCNC(=O)c1cccc(-c2noc(C(F)(F)F)n2)c1)C1CCN(c2ccc(Cl)cc2)CC1. The third kappa shape index (κ3) is 6.32. The highest BCUT2D eigenvalue weighted by Gasteiger charge is 2.38. The molecule has 0 radical (unpaired) electrons. The summed E-state index contributed by atoms with van der Waals surface area (Å²) in [5.41, 5.74) is 1.74. The molecule has 1 aliphatic rings. The smallest absolute Gasteiger partial charge is 0.371 e. The second-order valence-corrected chi connectivity index (χ2v) is 8.87. The van der Waals surface area contributed by atoms with E-state index in [9.17, 15) is 18.0 Å². The molecule has 0 spiro atoms. The fourth-order valence-electron chi connectivity index (χ4n) is 4.10. The maximum Gasteiger partial charge on any atom is 0.471 e. The van der Waals surface area contributed by atoms with Gasteiger partial charge in [0.1, 0.15) is 0 Å². The topological polar surface area (TPSA) is 74.5 Å². The van der Waals surface area contributed by atoms with E-state index in [0.717, 1.165) is 31.0 Å². The van der Waals surface area contributed by atoms with Gasteiger partial charge in [-0.25, -0.2) is 0 Å². The highest BCUT2D eigenvalue weighted by molar-refractivity contribution is 6.30. The first kappa shape index (κ1) is 25.0. The Morgan fingerprint density at radius 1 is 1.20 bits per heavy atom. The van der Waals surface area contributed by atoms with E-state index in [4.69, 9.17) is 11.6 Å². The Bertz CT molecular complexity index is 1140. The molecule has 1 saturated heterocycles. The van der Waals surface area contributed by atoms with E-state index < -0.39 is 12.1 Å². The Morgan fingerprint density at radius 3 is 2.57 bits per heavy atom. The van der Waals surface area contributed by atoms with Crippen LogP contribution < -0.4 is 10.2 Å². The summed E-state index contributed by atoms with van der Waals surface area (Å²) < 4.78 is 42.4. The van der Waals surface area contributed by atoms with Gasteiger partial charge in [-0.05, 0) is 56.3 Å². The highest BCUT2D eigenvalue weighted by Crippen LogP contribution is 2.29. The lowest BCUT2D eigenvalue weighted by molar-refractivity contribution is -0.159. The summed E-state index contributed by atoms with van der Waals surface area (Å²) in [6, 6.07) is 14.4. The molecular weight excluding hydrogens is 483 g/mol. The van der Waals surface area contributed by atoms with E-state index >= 15 is 0 Å². The minimum atomic E-state index is -4.72. The predicted octanol–water partition coefficient (Wildman–Crippen LogP) is 4.74. The van der Waals surface area contributed by atoms with Gasteiger partial charge in [-0.3, -0.25) is 4.79 Å². The van der Waals surface area contributed by atoms with Crippen molar-refractivity contribution in [1.29, 1.82) is 0 Å². The number of likely N-dealkylation sites (N-methyl/N-ethyl adjacent to an activating group) is 1. The summed E-state index contributed by atoms with van der Waals surface area (Å²) in [5.74, 6) is -1.97. The summed E-state index contributed by atoms with van der Waals surface area (Å²) in [4.78, 5) is 20.5. The number of halogens is 4. The molecular formula is C24H25ClF3N5O2. The van der Waals surface area contributed by atoms with Crippen LogP contribution in [0, 0.1) is 0 Å². The van der Waals surface area contributed by atoms with E-state index in [1.807, 2.05) is 31.3 Å². The normalized spacial score (nSPS) is 15.0. The van der Waals surface area contributed by atoms with Crippen LogP contribution in [0.1, 0.15) is 29.1 Å². The van der Waals surface area contributed by atoms with Crippen molar-refractivity contribution >= 4 is 23.2 Å². The first-order valence-electron chi connectivity index (χ1n) is 11.2. The van der Waals surface area contributed by atoms with Gasteiger partial charge in [0.25, 0.3) is 5.91 Å². The number of nitrogens with zero attached hydrogens (tertiary/aromatic N) is 4. The first-order valence-corrected chi connectivity index (χ1v) is 11.6. The molecule has 1 amide bonds. The zero-order chi connectivity index (χ0) is 25.0. The van der Waals surface area contributed by atoms with E-state index in [1.165, 1.54) is 17.8 Å². The van der Waals surface area contributed by atoms with Crippen molar-refractivity contribution in [1.82, 2.24) is 20.4 Å². The number of piperidine rings is 1. The molecule has 2 aromatic carbocycles. The standard InChI is InChI=1S/C24H25ClF3N5O2/c1-32(19-9-12-33(13-10-19)20-7-5-18(25)6-8-20)14-11-29-22(34)17-4-2-3-16(15-17)21-30-23(35-31-21)24(26,27)28/h2-8,15,19H,9-14H2,1H3,(H,29,34). The van der Waals surface area contributed by atoms with Crippen LogP contribution in [-0.2, 0) is 6.18 Å². The van der Waals surface area contributed by atoms with Crippen LogP contribution in [0.25, 0.3) is 11.4 Å². The number of carbonyl (C=O) groups excluding carboxylic acids is 1. The van der Waals surface area contributed by atoms with E-state index in [0.29, 0.717) is 24.7 Å². The third-order valence-electron chi connectivity index (χ3n) is 6.08. The zero-order valence-corrected chi connectivity index (χ0v) is 19.8. The van der Waals surface area contributed by atoms with Gasteiger partial charge < -0.3 is 19.6 Å². The van der Waals surface area contributed by atoms with Crippen molar-refractivity contribution in [3.8, 4) is 11.4 Å². The van der Waals surface area contributed by atoms with Gasteiger partial charge in [-0.1, -0.05) is 28.9 Å². The number of anilines is 1. The fourth-order valence-corrected chi connectivity index (χ4v) is 4.23. The van der Waals surface area contributed by atoms with Crippen LogP contribution in [0.3, 0.4) is 0 Å². The van der Waals surface area contributed by atoms with Gasteiger partial charge in [-0.15, -0.1) is 0 Å². The molecule has 0 atom stereocenters. The Hall–Kier alpha value is -3.11. The Kier molecular flexibility index (Phi) is 7.61. The second kappa shape index (κ2) is 10.7. The molecule has 1 aromatic heterocycles. The summed E-state index contributed by atoms with van der Waals surface area (Å²) >= 11 is 5.97. The Morgan fingerprint density at radius 2 is 1.91 bits per heavy atom. The van der Waals surface area contributed by atoms with Crippen molar-refractivity contribution in [3.63, 3.8) is 0 Å². The minimum Gasteiger partial charge on any atom is -0.371 e. The van der Waals surface area contributed by atoms with Gasteiger partial charge in [-0.2, -0.15) is 18.2 Å². The van der Waals surface area contributed by atoms with Crippen LogP contribution in [0.4, 0.5) is 18.9 Å². The van der Waals surface area contributed by atoms with Crippen LogP contribution in [0.5, 0.6) is 0 Å². The zero-order valence-electron chi connectivity index (χ0n) is 19.1. The summed E-state index contributed by atoms with van der Waals surface area (Å²) in [6.45, 7) is 3.01. The molecule has 35 heavy (non-hydrogen) atoms. The van der Waals surface area contributed by atoms with Gasteiger partial charge in [0.15, 0.2) is 0 Å². The molecule has 4 rings (SSSR count). The van der Waals surface area contributed by atoms with Gasteiger partial charge in [0.2, 0.25) is 5.82 Å². The van der Waals surface area contributed by atoms with Crippen LogP contribution in [0.2, 0.25) is 5.02 Å². The molecule has 0 aliphatic carbocycles. The average molecular weight is 508 g/mol. The van der Waals surface area contributed by atoms with Crippen LogP contribution >= 0.6 is 11.6 Å². The Balaban J connectivity index is 1.25. The molecule has 1 N–H and O–H groups in total. The molecule has 186 valence electrons. The molecule has 0 bridgehead atoms. The van der Waals surface area contributed by atoms with E-state index in [1.54, 1.807) is 12.1 Å². The fraction of sp³-hybridized carbons (Fsp3) is 0.375. The molecule has 1 aliphatic heterocycles. The molecule has 11 heteroatoms. The summed E-state index contributed by atoms with van der Waals surface area (Å²) in [7, 11) is 2.05. The number of benzene rings is 2. The number of alkyl halides is 3. The van der Waals surface area contributed by atoms with Crippen molar-refractivity contribution in [3.05, 3.63) is 65.0 Å². The minimum absolute atomic E-state index is 0.225. The number of amides is 1. The second-order valence-electron chi connectivity index (χ2n) is 8.43. The number of hydrogen-bond acceptors (Lipinski definition) is 6. The summed E-state index contributed by atoms with van der Waals surface area (Å²) in [6.07, 6.45) is -2.70. The monoisotopic (exact) mass is 507 g/mol. The van der Waals surface area contributed by atoms with E-state index in [2.05, 4.69) is 29.8 Å². The van der Waals surface area contributed by atoms with Crippen molar-refractivity contribution in [2.45, 2.75) is 25.1 Å². The third-order valence-corrected chi connectivity index (χ3v) is 6.33. The Labute approximate surface area is 205 Å². The number of nitrogens with one attached hydrogen (secondary N) is 1. The number of rotatable bonds is 7. The van der Waals surface area contributed by atoms with Crippen molar-refractivity contribution in [2.75, 3.05) is 38.1 Å². The maximum absolute atomic E-state index is 12.7. The predicted molar refractivity (Wildman–Crippen MR) is 126 cm³/mol. The van der Waals surface area contributed by atoms with Crippen molar-refractivity contribution < 1.29 is 22.5 Å². The van der Waals surface area contributed by atoms with Gasteiger partial charge in [0, 0.05) is 54.1 Å². The molecule has 0 saturated carbocycles. The largest absolute Gasteiger partial charge is 0.471 e. The number of aromatic nitrogens is 2. The van der Waals surface area contributed by atoms with Gasteiger partial charge >= 0.3 is 12.1 Å². The maximum atomic E-state index is 12.7. The van der Waals surface area contributed by atoms with Gasteiger partial charge in [0.05, 0.1) is 0 Å². The number of hydrogen-bond donors (Lipinski definition) is 1. The lowest BCUT2D eigenvalue weighted by Gasteiger charge is -2.38. The molecule has 3 aromatic rings.